The van der Waals surface area contributed by atoms with E-state index in [0.717, 1.165) is 0 Å². The van der Waals surface area contributed by atoms with E-state index >= 15 is 0 Å². The summed E-state index contributed by atoms with van der Waals surface area (Å²) in [5, 5.41) is 40.4. The van der Waals surface area contributed by atoms with Crippen molar-refractivity contribution in [3.63, 3.8) is 0 Å². The Kier molecular flexibility index (Phi) is 8.99. The van der Waals surface area contributed by atoms with Crippen molar-refractivity contribution < 1.29 is 62.7 Å². The minimum atomic E-state index is -1.77. The number of ether oxygens (including phenoxy) is 8. The lowest BCUT2D eigenvalue weighted by Gasteiger charge is -2.39. The molecule has 5 atom stereocenters. The summed E-state index contributed by atoms with van der Waals surface area (Å²) >= 11 is 0. The van der Waals surface area contributed by atoms with Crippen LogP contribution in [0.2, 0.25) is 0 Å². The van der Waals surface area contributed by atoms with Crippen LogP contribution in [0.3, 0.4) is 0 Å². The lowest BCUT2D eigenvalue weighted by Crippen LogP contribution is -2.60. The van der Waals surface area contributed by atoms with Gasteiger partial charge in [-0.1, -0.05) is 0 Å². The molecule has 2 heterocycles. The van der Waals surface area contributed by atoms with Crippen LogP contribution in [0.15, 0.2) is 27.4 Å². The molecule has 14 heteroatoms. The molecule has 0 spiro atoms. The third-order valence-corrected chi connectivity index (χ3v) is 6.64. The molecule has 4 rings (SSSR count). The van der Waals surface area contributed by atoms with E-state index in [1.807, 2.05) is 0 Å². The molecule has 14 nitrogen and oxygen atoms in total. The molecule has 3 aromatic rings. The van der Waals surface area contributed by atoms with Crippen LogP contribution in [0.5, 0.6) is 40.2 Å². The Morgan fingerprint density at radius 2 is 1.27 bits per heavy atom. The van der Waals surface area contributed by atoms with E-state index in [2.05, 4.69) is 0 Å². The second-order valence-electron chi connectivity index (χ2n) is 8.84. The average molecular weight is 581 g/mol. The van der Waals surface area contributed by atoms with Crippen LogP contribution in [-0.2, 0) is 4.74 Å². The van der Waals surface area contributed by atoms with Gasteiger partial charge in [0.1, 0.15) is 35.6 Å². The largest absolute Gasteiger partial charge is 0.493 e. The van der Waals surface area contributed by atoms with Crippen molar-refractivity contribution in [1.82, 2.24) is 0 Å². The highest BCUT2D eigenvalue weighted by Gasteiger charge is 2.45. The normalized spacial score (nSPS) is 22.2. The predicted octanol–water partition coefficient (Wildman–Crippen LogP) is 0.690. The van der Waals surface area contributed by atoms with Gasteiger partial charge in [0.2, 0.25) is 29.3 Å². The molecule has 1 saturated heterocycles. The van der Waals surface area contributed by atoms with Crippen molar-refractivity contribution in [3.05, 3.63) is 28.4 Å². The van der Waals surface area contributed by atoms with E-state index in [0.29, 0.717) is 22.8 Å². The van der Waals surface area contributed by atoms with Gasteiger partial charge < -0.3 is 62.7 Å². The molecule has 0 unspecified atom stereocenters. The van der Waals surface area contributed by atoms with Gasteiger partial charge in [0.15, 0.2) is 28.3 Å². The van der Waals surface area contributed by atoms with Crippen LogP contribution < -0.4 is 38.6 Å². The zero-order valence-corrected chi connectivity index (χ0v) is 23.2. The molecule has 0 amide bonds. The summed E-state index contributed by atoms with van der Waals surface area (Å²) in [5.41, 5.74) is -0.332. The highest BCUT2D eigenvalue weighted by molar-refractivity contribution is 5.95. The summed E-state index contributed by atoms with van der Waals surface area (Å²) in [6.07, 6.45) is -8.03. The van der Waals surface area contributed by atoms with Gasteiger partial charge in [0.25, 0.3) is 0 Å². The standard InChI is InChI=1S/C27H32O14/c1-33-14-7-11(8-15(34-2)21(14)35-3)13-9-12(29)17-22(39-13)24(36-4)26(38-6)25(37-5)23(17)41-27-20(32)19(31)18(30)16(10-28)40-27/h7-9,16,18-20,27-28,30-32H,10H2,1-6H3/t16-,18+,19+,20-,27+/m1/s1. The molecule has 0 saturated carbocycles. The maximum absolute atomic E-state index is 13.7. The van der Waals surface area contributed by atoms with Gasteiger partial charge in [-0.25, -0.2) is 0 Å². The first-order valence-electron chi connectivity index (χ1n) is 12.3. The van der Waals surface area contributed by atoms with Gasteiger partial charge >= 0.3 is 0 Å². The Morgan fingerprint density at radius 1 is 0.707 bits per heavy atom. The number of fused-ring (bicyclic) bond motifs is 1. The number of hydrogen-bond acceptors (Lipinski definition) is 14. The van der Waals surface area contributed by atoms with E-state index in [1.165, 1.54) is 48.7 Å². The number of methoxy groups -OCH3 is 6. The first kappa shape index (κ1) is 30.0. The molecule has 1 aliphatic rings. The van der Waals surface area contributed by atoms with E-state index in [9.17, 15) is 25.2 Å². The van der Waals surface area contributed by atoms with Crippen LogP contribution in [0.1, 0.15) is 0 Å². The maximum Gasteiger partial charge on any atom is 0.229 e. The lowest BCUT2D eigenvalue weighted by atomic mass is 9.99. The zero-order chi connectivity index (χ0) is 30.0. The molecule has 0 aliphatic carbocycles. The minimum Gasteiger partial charge on any atom is -0.493 e. The SMILES string of the molecule is COc1cc(-c2cc(=O)c3c(O[C@@H]4O[C@H](CO)[C@H](O)[C@H](O)[C@H]4O)c(OC)c(OC)c(OC)c3o2)cc(OC)c1OC. The van der Waals surface area contributed by atoms with Gasteiger partial charge in [0, 0.05) is 11.6 Å². The molecule has 1 aliphatic heterocycles. The second kappa shape index (κ2) is 12.3. The van der Waals surface area contributed by atoms with E-state index < -0.39 is 42.7 Å². The van der Waals surface area contributed by atoms with Gasteiger partial charge in [0.05, 0.1) is 49.3 Å². The van der Waals surface area contributed by atoms with Crippen molar-refractivity contribution in [2.75, 3.05) is 49.3 Å². The summed E-state index contributed by atoms with van der Waals surface area (Å²) in [5.74, 6) is 0.647. The van der Waals surface area contributed by atoms with Gasteiger partial charge in [-0.15, -0.1) is 0 Å². The Morgan fingerprint density at radius 3 is 1.78 bits per heavy atom. The fraction of sp³-hybridized carbons (Fsp3) is 0.444. The number of aliphatic hydroxyl groups excluding tert-OH is 4. The highest BCUT2D eigenvalue weighted by Crippen LogP contribution is 2.51. The summed E-state index contributed by atoms with van der Waals surface area (Å²) in [6, 6.07) is 4.36. The number of aliphatic hydroxyl groups is 4. The minimum absolute atomic E-state index is 0.00751. The molecular weight excluding hydrogens is 548 g/mol. The van der Waals surface area contributed by atoms with Crippen molar-refractivity contribution in [3.8, 4) is 51.6 Å². The third kappa shape index (κ3) is 5.15. The van der Waals surface area contributed by atoms with Crippen LogP contribution in [-0.4, -0.2) is 100 Å². The van der Waals surface area contributed by atoms with Crippen molar-refractivity contribution >= 4 is 11.0 Å². The Hall–Kier alpha value is -3.95. The number of rotatable bonds is 10. The van der Waals surface area contributed by atoms with Crippen LogP contribution in [0.4, 0.5) is 0 Å². The monoisotopic (exact) mass is 580 g/mol. The van der Waals surface area contributed by atoms with E-state index in [1.54, 1.807) is 12.1 Å². The van der Waals surface area contributed by atoms with Crippen LogP contribution >= 0.6 is 0 Å². The topological polar surface area (TPSA) is 185 Å². The lowest BCUT2D eigenvalue weighted by molar-refractivity contribution is -0.277. The maximum atomic E-state index is 13.7. The smallest absolute Gasteiger partial charge is 0.229 e. The molecule has 224 valence electrons. The molecule has 0 bridgehead atoms. The summed E-state index contributed by atoms with van der Waals surface area (Å²) < 4.78 is 50.3. The summed E-state index contributed by atoms with van der Waals surface area (Å²) in [4.78, 5) is 13.7. The average Bonchev–Trinajstić information content (AvgIpc) is 2.99. The summed E-state index contributed by atoms with van der Waals surface area (Å²) in [7, 11) is 8.29. The van der Waals surface area contributed by atoms with E-state index in [4.69, 9.17) is 42.3 Å². The highest BCUT2D eigenvalue weighted by atomic mass is 16.7. The summed E-state index contributed by atoms with van der Waals surface area (Å²) in [6.45, 7) is -0.686. The quantitative estimate of drug-likeness (QED) is 0.262. The van der Waals surface area contributed by atoms with Crippen LogP contribution in [0.25, 0.3) is 22.3 Å². The molecule has 41 heavy (non-hydrogen) atoms. The van der Waals surface area contributed by atoms with Gasteiger partial charge in [-0.2, -0.15) is 0 Å². The Bertz CT molecular complexity index is 1420. The Labute approximate surface area is 234 Å². The molecule has 1 fully saturated rings. The van der Waals surface area contributed by atoms with Crippen molar-refractivity contribution in [1.29, 1.82) is 0 Å². The van der Waals surface area contributed by atoms with E-state index in [-0.39, 0.29) is 39.7 Å². The molecule has 4 N–H and O–H groups in total. The third-order valence-electron chi connectivity index (χ3n) is 6.64. The molecule has 0 radical (unpaired) electrons. The first-order chi connectivity index (χ1) is 19.7. The fourth-order valence-electron chi connectivity index (χ4n) is 4.61. The predicted molar refractivity (Wildman–Crippen MR) is 142 cm³/mol. The van der Waals surface area contributed by atoms with Crippen molar-refractivity contribution in [2.45, 2.75) is 30.7 Å². The molecule has 1 aromatic heterocycles. The van der Waals surface area contributed by atoms with Crippen molar-refractivity contribution in [2.24, 2.45) is 0 Å². The molecule has 2 aromatic carbocycles. The molecular formula is C27H32O14. The number of hydrogen-bond donors (Lipinski definition) is 4. The van der Waals surface area contributed by atoms with Crippen LogP contribution in [0, 0.1) is 0 Å². The fourth-order valence-corrected chi connectivity index (χ4v) is 4.61. The second-order valence-corrected chi connectivity index (χ2v) is 8.84. The number of benzene rings is 2. The van der Waals surface area contributed by atoms with Gasteiger partial charge in [-0.3, -0.25) is 4.79 Å². The zero-order valence-electron chi connectivity index (χ0n) is 23.2. The Balaban J connectivity index is 1.98. The first-order valence-corrected chi connectivity index (χ1v) is 12.3. The van der Waals surface area contributed by atoms with Gasteiger partial charge in [-0.05, 0) is 12.1 Å².